The van der Waals surface area contributed by atoms with E-state index < -0.39 is 11.6 Å². The normalized spacial score (nSPS) is 19.9. The fraction of sp³-hybridized carbons (Fsp3) is 0.571. The summed E-state index contributed by atoms with van der Waals surface area (Å²) in [7, 11) is 0. The summed E-state index contributed by atoms with van der Waals surface area (Å²) in [5.74, 6) is -0.764. The lowest BCUT2D eigenvalue weighted by molar-refractivity contribution is 0.295. The number of hydrogen-bond donors (Lipinski definition) is 1. The highest BCUT2D eigenvalue weighted by atomic mass is 19.2. The average Bonchev–Trinajstić information content (AvgIpc) is 2.83. The molecule has 1 heterocycles. The Morgan fingerprint density at radius 3 is 2.74 bits per heavy atom. The molecule has 19 heavy (non-hydrogen) atoms. The van der Waals surface area contributed by atoms with Crippen LogP contribution < -0.4 is 10.5 Å². The molecule has 1 fully saturated rings. The molecule has 0 unspecified atom stereocenters. The SMILES string of the molecule is CCOc1cc(F)c(F)cc1CN1CC[C@H](CN)C1. The van der Waals surface area contributed by atoms with Gasteiger partial charge in [-0.15, -0.1) is 0 Å². The Balaban J connectivity index is 2.12. The van der Waals surface area contributed by atoms with Crippen LogP contribution in [-0.2, 0) is 6.54 Å². The smallest absolute Gasteiger partial charge is 0.162 e. The number of nitrogens with two attached hydrogens (primary N) is 1. The van der Waals surface area contributed by atoms with Crippen LogP contribution in [0.1, 0.15) is 18.9 Å². The first-order chi connectivity index (χ1) is 9.13. The molecule has 1 aromatic rings. The third-order valence-corrected chi connectivity index (χ3v) is 3.50. The molecular weight excluding hydrogens is 250 g/mol. The largest absolute Gasteiger partial charge is 0.493 e. The van der Waals surface area contributed by atoms with Gasteiger partial charge in [0.1, 0.15) is 5.75 Å². The Bertz CT molecular complexity index is 440. The molecule has 0 spiro atoms. The van der Waals surface area contributed by atoms with Gasteiger partial charge >= 0.3 is 0 Å². The highest BCUT2D eigenvalue weighted by Gasteiger charge is 2.22. The van der Waals surface area contributed by atoms with Crippen molar-refractivity contribution in [1.29, 1.82) is 0 Å². The van der Waals surface area contributed by atoms with Crippen LogP contribution in [0.4, 0.5) is 8.78 Å². The molecule has 1 atom stereocenters. The van der Waals surface area contributed by atoms with Gasteiger partial charge in [-0.2, -0.15) is 0 Å². The number of hydrogen-bond acceptors (Lipinski definition) is 3. The van der Waals surface area contributed by atoms with Crippen LogP contribution in [0.3, 0.4) is 0 Å². The summed E-state index contributed by atoms with van der Waals surface area (Å²) in [6, 6.07) is 2.36. The van der Waals surface area contributed by atoms with Crippen molar-refractivity contribution >= 4 is 0 Å². The van der Waals surface area contributed by atoms with Crippen LogP contribution in [0.25, 0.3) is 0 Å². The minimum atomic E-state index is -0.867. The summed E-state index contributed by atoms with van der Waals surface area (Å²) < 4.78 is 32.0. The summed E-state index contributed by atoms with van der Waals surface area (Å²) >= 11 is 0. The molecule has 0 aromatic heterocycles. The van der Waals surface area contributed by atoms with Gasteiger partial charge in [-0.3, -0.25) is 4.90 Å². The van der Waals surface area contributed by atoms with Crippen LogP contribution in [0.2, 0.25) is 0 Å². The molecule has 0 amide bonds. The van der Waals surface area contributed by atoms with Crippen LogP contribution in [0.5, 0.6) is 5.75 Å². The molecule has 1 saturated heterocycles. The monoisotopic (exact) mass is 270 g/mol. The number of likely N-dealkylation sites (tertiary alicyclic amines) is 1. The van der Waals surface area contributed by atoms with E-state index in [4.69, 9.17) is 10.5 Å². The van der Waals surface area contributed by atoms with Gasteiger partial charge in [-0.05, 0) is 38.4 Å². The van der Waals surface area contributed by atoms with Crippen molar-refractivity contribution in [2.75, 3.05) is 26.2 Å². The molecule has 2 rings (SSSR count). The van der Waals surface area contributed by atoms with Crippen molar-refractivity contribution in [2.24, 2.45) is 11.7 Å². The maximum atomic E-state index is 13.3. The second-order valence-corrected chi connectivity index (χ2v) is 4.93. The van der Waals surface area contributed by atoms with E-state index in [-0.39, 0.29) is 0 Å². The Kier molecular flexibility index (Phi) is 4.71. The fourth-order valence-electron chi connectivity index (χ4n) is 2.47. The molecule has 1 aromatic carbocycles. The van der Waals surface area contributed by atoms with E-state index in [1.807, 2.05) is 6.92 Å². The molecule has 1 aliphatic rings. The summed E-state index contributed by atoms with van der Waals surface area (Å²) in [4.78, 5) is 2.20. The summed E-state index contributed by atoms with van der Waals surface area (Å²) in [6.07, 6.45) is 1.06. The Morgan fingerprint density at radius 2 is 2.11 bits per heavy atom. The number of benzene rings is 1. The first kappa shape index (κ1) is 14.2. The van der Waals surface area contributed by atoms with Crippen LogP contribution in [-0.4, -0.2) is 31.1 Å². The third-order valence-electron chi connectivity index (χ3n) is 3.50. The highest BCUT2D eigenvalue weighted by Crippen LogP contribution is 2.26. The number of halogens is 2. The number of rotatable bonds is 5. The van der Waals surface area contributed by atoms with Crippen molar-refractivity contribution in [3.63, 3.8) is 0 Å². The van der Waals surface area contributed by atoms with Gasteiger partial charge in [-0.25, -0.2) is 8.78 Å². The van der Waals surface area contributed by atoms with Gasteiger partial charge in [0.05, 0.1) is 6.61 Å². The van der Waals surface area contributed by atoms with Crippen molar-refractivity contribution < 1.29 is 13.5 Å². The minimum Gasteiger partial charge on any atom is -0.493 e. The predicted molar refractivity (Wildman–Crippen MR) is 70.0 cm³/mol. The van der Waals surface area contributed by atoms with E-state index in [0.717, 1.165) is 25.6 Å². The molecule has 3 nitrogen and oxygen atoms in total. The van der Waals surface area contributed by atoms with E-state index in [1.54, 1.807) is 0 Å². The Hall–Kier alpha value is -1.20. The standard InChI is InChI=1S/C14H20F2N2O/c1-2-19-14-6-13(16)12(15)5-11(14)9-18-4-3-10(7-17)8-18/h5-6,10H,2-4,7-9,17H2,1H3/t10-/m1/s1. The molecule has 0 aliphatic carbocycles. The summed E-state index contributed by atoms with van der Waals surface area (Å²) in [6.45, 7) is 5.35. The van der Waals surface area contributed by atoms with E-state index in [1.165, 1.54) is 6.07 Å². The topological polar surface area (TPSA) is 38.5 Å². The zero-order chi connectivity index (χ0) is 13.8. The average molecular weight is 270 g/mol. The molecule has 1 aliphatic heterocycles. The Morgan fingerprint density at radius 1 is 1.37 bits per heavy atom. The second-order valence-electron chi connectivity index (χ2n) is 4.93. The summed E-state index contributed by atoms with van der Waals surface area (Å²) in [5, 5.41) is 0. The van der Waals surface area contributed by atoms with Gasteiger partial charge < -0.3 is 10.5 Å². The van der Waals surface area contributed by atoms with Crippen LogP contribution >= 0.6 is 0 Å². The molecule has 0 saturated carbocycles. The van der Waals surface area contributed by atoms with E-state index in [9.17, 15) is 8.78 Å². The highest BCUT2D eigenvalue weighted by molar-refractivity contribution is 5.35. The molecule has 0 bridgehead atoms. The van der Waals surface area contributed by atoms with Gasteiger partial charge in [0, 0.05) is 24.7 Å². The van der Waals surface area contributed by atoms with Crippen molar-refractivity contribution in [3.8, 4) is 5.75 Å². The first-order valence-electron chi connectivity index (χ1n) is 6.67. The number of nitrogens with zero attached hydrogens (tertiary/aromatic N) is 1. The van der Waals surface area contributed by atoms with Crippen LogP contribution in [0.15, 0.2) is 12.1 Å². The maximum Gasteiger partial charge on any atom is 0.162 e. The molecular formula is C14H20F2N2O. The molecule has 5 heteroatoms. The van der Waals surface area contributed by atoms with Crippen molar-refractivity contribution in [3.05, 3.63) is 29.3 Å². The van der Waals surface area contributed by atoms with Crippen molar-refractivity contribution in [2.45, 2.75) is 19.9 Å². The minimum absolute atomic E-state index is 0.428. The van der Waals surface area contributed by atoms with E-state index >= 15 is 0 Å². The maximum absolute atomic E-state index is 13.3. The summed E-state index contributed by atoms with van der Waals surface area (Å²) in [5.41, 5.74) is 6.34. The molecule has 106 valence electrons. The zero-order valence-electron chi connectivity index (χ0n) is 11.2. The molecule has 2 N–H and O–H groups in total. The predicted octanol–water partition coefficient (Wildman–Crippen LogP) is 2.14. The van der Waals surface area contributed by atoms with E-state index in [0.29, 0.717) is 36.9 Å². The lowest BCUT2D eigenvalue weighted by atomic mass is 10.1. The lowest BCUT2D eigenvalue weighted by Gasteiger charge is -2.18. The zero-order valence-corrected chi connectivity index (χ0v) is 11.2. The lowest BCUT2D eigenvalue weighted by Crippen LogP contribution is -2.23. The van der Waals surface area contributed by atoms with Gasteiger partial charge in [-0.1, -0.05) is 0 Å². The number of ether oxygens (including phenoxy) is 1. The van der Waals surface area contributed by atoms with Crippen molar-refractivity contribution in [1.82, 2.24) is 4.90 Å². The van der Waals surface area contributed by atoms with Crippen LogP contribution in [0, 0.1) is 17.6 Å². The third kappa shape index (κ3) is 3.42. The van der Waals surface area contributed by atoms with Gasteiger partial charge in [0.2, 0.25) is 0 Å². The molecule has 0 radical (unpaired) electrons. The van der Waals surface area contributed by atoms with E-state index in [2.05, 4.69) is 4.90 Å². The van der Waals surface area contributed by atoms with Gasteiger partial charge in [0.25, 0.3) is 0 Å². The quantitative estimate of drug-likeness (QED) is 0.891. The fourth-order valence-corrected chi connectivity index (χ4v) is 2.47. The second kappa shape index (κ2) is 6.30. The first-order valence-corrected chi connectivity index (χ1v) is 6.67. The van der Waals surface area contributed by atoms with Gasteiger partial charge in [0.15, 0.2) is 11.6 Å². The Labute approximate surface area is 112 Å².